The van der Waals surface area contributed by atoms with Gasteiger partial charge in [-0.05, 0) is 50.4 Å². The molecule has 0 aliphatic carbocycles. The minimum absolute atomic E-state index is 0.0313. The fraction of sp³-hybridized carbons (Fsp3) is 0. The van der Waals surface area contributed by atoms with Crippen molar-refractivity contribution in [1.29, 1.82) is 0 Å². The van der Waals surface area contributed by atoms with E-state index in [0.717, 1.165) is 5.56 Å². The molecule has 9 aromatic rings. The Kier molecular flexibility index (Phi) is 2.95. The lowest BCUT2D eigenvalue weighted by molar-refractivity contribution is 0.618. The Morgan fingerprint density at radius 2 is 1.10 bits per heavy atom. The Balaban J connectivity index is 1.67. The van der Waals surface area contributed by atoms with Crippen LogP contribution in [0.1, 0.15) is 17.8 Å². The Morgan fingerprint density at radius 1 is 0.476 bits per heavy atom. The number of para-hydroxylation sites is 1. The molecule has 0 aliphatic rings. The summed E-state index contributed by atoms with van der Waals surface area (Å²) in [5.41, 5.74) is 1.87. The van der Waals surface area contributed by atoms with Crippen molar-refractivity contribution in [2.45, 2.75) is 0 Å². The maximum Gasteiger partial charge on any atom is 0.143 e. The van der Waals surface area contributed by atoms with Crippen LogP contribution >= 0.6 is 0 Å². The predicted octanol–water partition coefficient (Wildman–Crippen LogP) is 11.6. The molecule has 9 rings (SSSR count). The highest BCUT2D eigenvalue weighted by molar-refractivity contribution is 6.30. The van der Waals surface area contributed by atoms with Crippen molar-refractivity contribution in [3.05, 3.63) is 145 Å². The molecule has 0 N–H and O–H groups in total. The van der Waals surface area contributed by atoms with Gasteiger partial charge in [0.25, 0.3) is 0 Å². The van der Waals surface area contributed by atoms with E-state index in [1.54, 1.807) is 36.6 Å². The standard InChI is InChI=1S/C40H24O2/c1-3-13-25(14-4-1)33-24-41-40-32(33)23-35-38(31-21-11-12-22-34(31)42-35)39(40)37-29-19-9-7-17-27(29)36(26-15-5-2-6-16-26)28-18-8-10-20-30(28)37/h1-24H/i2D,5D,6D,7D,8D,9D,10D,15D,16D,17D,18D,19D,20D. The van der Waals surface area contributed by atoms with Crippen LogP contribution in [-0.4, -0.2) is 0 Å². The van der Waals surface area contributed by atoms with Gasteiger partial charge in [-0.1, -0.05) is 127 Å². The molecule has 0 amide bonds. The topological polar surface area (TPSA) is 26.3 Å². The normalized spacial score (nSPS) is 16.1. The zero-order chi connectivity index (χ0) is 38.9. The lowest BCUT2D eigenvalue weighted by atomic mass is 9.84. The van der Waals surface area contributed by atoms with Crippen LogP contribution in [0.5, 0.6) is 0 Å². The van der Waals surface area contributed by atoms with Crippen LogP contribution in [0.25, 0.3) is 87.8 Å². The van der Waals surface area contributed by atoms with E-state index in [9.17, 15) is 5.48 Å². The molecule has 2 heteroatoms. The number of hydrogen-bond donors (Lipinski definition) is 0. The maximum atomic E-state index is 9.44. The van der Waals surface area contributed by atoms with Crippen molar-refractivity contribution in [3.63, 3.8) is 0 Å². The van der Waals surface area contributed by atoms with E-state index in [1.807, 2.05) is 30.3 Å². The van der Waals surface area contributed by atoms with Crippen LogP contribution in [0.4, 0.5) is 0 Å². The van der Waals surface area contributed by atoms with Crippen LogP contribution in [0.3, 0.4) is 0 Å². The summed E-state index contributed by atoms with van der Waals surface area (Å²) in [7, 11) is 0. The zero-order valence-corrected chi connectivity index (χ0v) is 21.7. The molecule has 0 saturated carbocycles. The molecule has 7 aromatic carbocycles. The SMILES string of the molecule is [2H]c1c([2H])c([2H])c(-c2c3c([2H])c([2H])c([2H])c([2H])c3c(-c3c4occ(-c5ccccc5)c4cc4oc5ccccc5c34)c3c([2H])c([2H])c([2H])c([2H])c23)c([2H])c1[2H]. The van der Waals surface area contributed by atoms with Gasteiger partial charge in [0.1, 0.15) is 16.7 Å². The van der Waals surface area contributed by atoms with Crippen molar-refractivity contribution >= 4 is 54.5 Å². The van der Waals surface area contributed by atoms with Crippen molar-refractivity contribution in [2.75, 3.05) is 0 Å². The van der Waals surface area contributed by atoms with Gasteiger partial charge in [0.15, 0.2) is 0 Å². The second-order valence-electron chi connectivity index (χ2n) is 9.87. The van der Waals surface area contributed by atoms with Gasteiger partial charge in [0, 0.05) is 32.8 Å². The van der Waals surface area contributed by atoms with Gasteiger partial charge in [-0.2, -0.15) is 0 Å². The van der Waals surface area contributed by atoms with Crippen LogP contribution in [0, 0.1) is 0 Å². The fourth-order valence-corrected chi connectivity index (χ4v) is 5.95. The molecule has 0 unspecified atom stereocenters. The number of rotatable bonds is 3. The van der Waals surface area contributed by atoms with E-state index in [1.165, 1.54) is 0 Å². The van der Waals surface area contributed by atoms with Gasteiger partial charge in [0.05, 0.1) is 24.1 Å². The summed E-state index contributed by atoms with van der Waals surface area (Å²) >= 11 is 0. The first-order chi connectivity index (χ1) is 26.3. The highest BCUT2D eigenvalue weighted by Gasteiger charge is 2.25. The smallest absolute Gasteiger partial charge is 0.143 e. The van der Waals surface area contributed by atoms with E-state index >= 15 is 0 Å². The summed E-state index contributed by atoms with van der Waals surface area (Å²) in [4.78, 5) is 0. The van der Waals surface area contributed by atoms with Crippen LogP contribution in [0.15, 0.2) is 154 Å². The minimum Gasteiger partial charge on any atom is -0.463 e. The quantitative estimate of drug-likeness (QED) is 0.205. The molecule has 42 heavy (non-hydrogen) atoms. The summed E-state index contributed by atoms with van der Waals surface area (Å²) in [6.07, 6.45) is 1.54. The number of benzene rings is 7. The molecule has 2 aromatic heterocycles. The fourth-order valence-electron chi connectivity index (χ4n) is 5.95. The lowest BCUT2D eigenvalue weighted by Gasteiger charge is -2.18. The molecule has 0 aliphatic heterocycles. The van der Waals surface area contributed by atoms with Crippen molar-refractivity contribution in [2.24, 2.45) is 0 Å². The van der Waals surface area contributed by atoms with Gasteiger partial charge < -0.3 is 8.83 Å². The molecule has 0 spiro atoms. The Labute approximate surface area is 260 Å². The first kappa shape index (κ1) is 13.8. The van der Waals surface area contributed by atoms with E-state index in [2.05, 4.69) is 0 Å². The molecule has 0 radical (unpaired) electrons. The molecule has 2 nitrogen and oxygen atoms in total. The van der Waals surface area contributed by atoms with E-state index in [-0.39, 0.29) is 43.8 Å². The molecule has 0 bridgehead atoms. The van der Waals surface area contributed by atoms with Gasteiger partial charge in [-0.25, -0.2) is 0 Å². The number of hydrogen-bond acceptors (Lipinski definition) is 2. The molecule has 0 fully saturated rings. The summed E-state index contributed by atoms with van der Waals surface area (Å²) < 4.78 is 129. The lowest BCUT2D eigenvalue weighted by Crippen LogP contribution is -1.92. The minimum atomic E-state index is -0.733. The Bertz CT molecular complexity index is 3070. The third-order valence-corrected chi connectivity index (χ3v) is 7.66. The Morgan fingerprint density at radius 3 is 1.81 bits per heavy atom. The molecule has 0 atom stereocenters. The zero-order valence-electron chi connectivity index (χ0n) is 34.7. The van der Waals surface area contributed by atoms with Crippen molar-refractivity contribution < 1.29 is 26.7 Å². The summed E-state index contributed by atoms with van der Waals surface area (Å²) in [6.45, 7) is 0. The summed E-state index contributed by atoms with van der Waals surface area (Å²) in [5, 5.41) is 0.559. The highest BCUT2D eigenvalue weighted by Crippen LogP contribution is 2.50. The van der Waals surface area contributed by atoms with Crippen LogP contribution in [0.2, 0.25) is 0 Å². The van der Waals surface area contributed by atoms with Crippen LogP contribution < -0.4 is 0 Å². The Hall–Kier alpha value is -5.60. The van der Waals surface area contributed by atoms with Gasteiger partial charge in [-0.3, -0.25) is 0 Å². The highest BCUT2D eigenvalue weighted by atomic mass is 16.3. The summed E-state index contributed by atoms with van der Waals surface area (Å²) in [5.74, 6) is 0. The van der Waals surface area contributed by atoms with E-state index < -0.39 is 84.1 Å². The van der Waals surface area contributed by atoms with Gasteiger partial charge >= 0.3 is 0 Å². The average Bonchev–Trinajstić information content (AvgIpc) is 3.79. The van der Waals surface area contributed by atoms with E-state index in [4.69, 9.17) is 21.2 Å². The monoisotopic (exact) mass is 549 g/mol. The molecular weight excluding hydrogens is 512 g/mol. The second-order valence-corrected chi connectivity index (χ2v) is 9.87. The number of fused-ring (bicyclic) bond motifs is 6. The molecule has 0 saturated heterocycles. The first-order valence-corrected chi connectivity index (χ1v) is 13.2. The third kappa shape index (κ3) is 3.27. The summed E-state index contributed by atoms with van der Waals surface area (Å²) in [6, 6.07) is 9.55. The van der Waals surface area contributed by atoms with Gasteiger partial charge in [-0.15, -0.1) is 0 Å². The predicted molar refractivity (Wildman–Crippen MR) is 175 cm³/mol. The molecule has 196 valence electrons. The first-order valence-electron chi connectivity index (χ1n) is 19.7. The average molecular weight is 550 g/mol. The van der Waals surface area contributed by atoms with E-state index in [0.29, 0.717) is 32.9 Å². The van der Waals surface area contributed by atoms with Crippen LogP contribution in [-0.2, 0) is 0 Å². The maximum absolute atomic E-state index is 9.44. The number of furan rings is 2. The van der Waals surface area contributed by atoms with Crippen molar-refractivity contribution in [3.8, 4) is 33.4 Å². The largest absolute Gasteiger partial charge is 0.463 e. The molecular formula is C40H24O2. The molecule has 2 heterocycles. The van der Waals surface area contributed by atoms with Gasteiger partial charge in [0.2, 0.25) is 0 Å². The third-order valence-electron chi connectivity index (χ3n) is 7.66. The van der Waals surface area contributed by atoms with Crippen molar-refractivity contribution in [1.82, 2.24) is 0 Å². The second kappa shape index (κ2) is 8.95.